The molecule has 4 nitrogen and oxygen atoms in total. The minimum Gasteiger partial charge on any atom is -0.494 e. The quantitative estimate of drug-likeness (QED) is 0.740. The molecule has 0 bridgehead atoms. The van der Waals surface area contributed by atoms with Crippen molar-refractivity contribution in [2.24, 2.45) is 5.92 Å². The van der Waals surface area contributed by atoms with Gasteiger partial charge in [-0.05, 0) is 48.4 Å². The van der Waals surface area contributed by atoms with Crippen LogP contribution in [0.4, 0.5) is 11.4 Å². The standard InChI is InChI=1S/C20H26N2O2/c1-4-12-24-19-7-5-6-16(13-19)14-21-17-8-10-18(11-9-17)22-20(23)15(2)3/h5-11,13,15,21H,4,12,14H2,1-3H3,(H,22,23). The number of anilines is 2. The van der Waals surface area contributed by atoms with Gasteiger partial charge in [0.15, 0.2) is 0 Å². The SMILES string of the molecule is CCCOc1cccc(CNc2ccc(NC(=O)C(C)C)cc2)c1. The summed E-state index contributed by atoms with van der Waals surface area (Å²) in [6.45, 7) is 7.31. The van der Waals surface area contributed by atoms with Crippen LogP contribution in [0.5, 0.6) is 5.75 Å². The van der Waals surface area contributed by atoms with Gasteiger partial charge in [-0.25, -0.2) is 0 Å². The molecule has 1 amide bonds. The smallest absolute Gasteiger partial charge is 0.226 e. The van der Waals surface area contributed by atoms with Gasteiger partial charge in [-0.2, -0.15) is 0 Å². The first kappa shape index (κ1) is 17.9. The largest absolute Gasteiger partial charge is 0.494 e. The molecule has 2 N–H and O–H groups in total. The van der Waals surface area contributed by atoms with E-state index >= 15 is 0 Å². The molecule has 0 saturated heterocycles. The Morgan fingerprint density at radius 1 is 1.08 bits per heavy atom. The summed E-state index contributed by atoms with van der Waals surface area (Å²) in [7, 11) is 0. The fourth-order valence-electron chi connectivity index (χ4n) is 2.13. The van der Waals surface area contributed by atoms with E-state index < -0.39 is 0 Å². The Kier molecular flexibility index (Phi) is 6.67. The fraction of sp³-hybridized carbons (Fsp3) is 0.350. The van der Waals surface area contributed by atoms with Gasteiger partial charge in [0.1, 0.15) is 5.75 Å². The van der Waals surface area contributed by atoms with Gasteiger partial charge >= 0.3 is 0 Å². The third kappa shape index (κ3) is 5.61. The van der Waals surface area contributed by atoms with Crippen LogP contribution in [0.25, 0.3) is 0 Å². The van der Waals surface area contributed by atoms with E-state index in [2.05, 4.69) is 29.7 Å². The molecule has 0 aliphatic rings. The maximum Gasteiger partial charge on any atom is 0.226 e. The summed E-state index contributed by atoms with van der Waals surface area (Å²) in [6.07, 6.45) is 1.00. The molecule has 24 heavy (non-hydrogen) atoms. The fourth-order valence-corrected chi connectivity index (χ4v) is 2.13. The first-order valence-corrected chi connectivity index (χ1v) is 8.45. The van der Waals surface area contributed by atoms with Gasteiger partial charge < -0.3 is 15.4 Å². The molecule has 0 heterocycles. The molecule has 2 aromatic rings. The minimum absolute atomic E-state index is 0.0231. The van der Waals surface area contributed by atoms with Crippen LogP contribution in [0.15, 0.2) is 48.5 Å². The Morgan fingerprint density at radius 3 is 2.46 bits per heavy atom. The number of benzene rings is 2. The lowest BCUT2D eigenvalue weighted by atomic mass is 10.2. The van der Waals surface area contributed by atoms with Crippen molar-refractivity contribution in [3.8, 4) is 5.75 Å². The van der Waals surface area contributed by atoms with Crippen LogP contribution in [-0.4, -0.2) is 12.5 Å². The van der Waals surface area contributed by atoms with Gasteiger partial charge in [-0.1, -0.05) is 32.9 Å². The number of carbonyl (C=O) groups is 1. The second kappa shape index (κ2) is 8.96. The highest BCUT2D eigenvalue weighted by Crippen LogP contribution is 2.17. The van der Waals surface area contributed by atoms with E-state index in [0.717, 1.165) is 36.7 Å². The van der Waals surface area contributed by atoms with E-state index in [1.165, 1.54) is 5.56 Å². The highest BCUT2D eigenvalue weighted by Gasteiger charge is 2.06. The number of hydrogen-bond acceptors (Lipinski definition) is 3. The lowest BCUT2D eigenvalue weighted by Crippen LogP contribution is -2.17. The van der Waals surface area contributed by atoms with Crippen LogP contribution in [0.2, 0.25) is 0 Å². The maximum absolute atomic E-state index is 11.7. The Balaban J connectivity index is 1.89. The summed E-state index contributed by atoms with van der Waals surface area (Å²) in [6, 6.07) is 15.9. The molecule has 4 heteroatoms. The average Bonchev–Trinajstić information content (AvgIpc) is 2.59. The normalized spacial score (nSPS) is 10.5. The predicted molar refractivity (Wildman–Crippen MR) is 99.5 cm³/mol. The van der Waals surface area contributed by atoms with Crippen molar-refractivity contribution >= 4 is 17.3 Å². The van der Waals surface area contributed by atoms with Crippen molar-refractivity contribution in [2.45, 2.75) is 33.7 Å². The van der Waals surface area contributed by atoms with Gasteiger partial charge in [0, 0.05) is 23.8 Å². The van der Waals surface area contributed by atoms with Crippen LogP contribution in [-0.2, 0) is 11.3 Å². The first-order valence-electron chi connectivity index (χ1n) is 8.45. The van der Waals surface area contributed by atoms with E-state index in [0.29, 0.717) is 0 Å². The molecule has 0 saturated carbocycles. The average molecular weight is 326 g/mol. The Morgan fingerprint density at radius 2 is 1.79 bits per heavy atom. The zero-order valence-corrected chi connectivity index (χ0v) is 14.6. The van der Waals surface area contributed by atoms with E-state index in [9.17, 15) is 4.79 Å². The highest BCUT2D eigenvalue weighted by molar-refractivity contribution is 5.92. The molecular formula is C20H26N2O2. The van der Waals surface area contributed by atoms with Crippen molar-refractivity contribution in [1.82, 2.24) is 0 Å². The van der Waals surface area contributed by atoms with E-state index in [1.54, 1.807) is 0 Å². The summed E-state index contributed by atoms with van der Waals surface area (Å²) >= 11 is 0. The van der Waals surface area contributed by atoms with Crippen molar-refractivity contribution in [3.63, 3.8) is 0 Å². The molecule has 0 spiro atoms. The van der Waals surface area contributed by atoms with Crippen LogP contribution in [0, 0.1) is 5.92 Å². The van der Waals surface area contributed by atoms with Crippen molar-refractivity contribution in [2.75, 3.05) is 17.2 Å². The number of ether oxygens (including phenoxy) is 1. The summed E-state index contributed by atoms with van der Waals surface area (Å²) < 4.78 is 5.65. The number of hydrogen-bond donors (Lipinski definition) is 2. The van der Waals surface area contributed by atoms with Gasteiger partial charge in [0.25, 0.3) is 0 Å². The third-order valence-electron chi connectivity index (χ3n) is 3.54. The number of amides is 1. The number of rotatable bonds is 8. The molecular weight excluding hydrogens is 300 g/mol. The molecule has 2 rings (SSSR count). The zero-order chi connectivity index (χ0) is 17.4. The molecule has 0 fully saturated rings. The van der Waals surface area contributed by atoms with Gasteiger partial charge in [0.2, 0.25) is 5.91 Å². The molecule has 128 valence electrons. The summed E-state index contributed by atoms with van der Waals surface area (Å²) in [4.78, 5) is 11.7. The van der Waals surface area contributed by atoms with Crippen LogP contribution >= 0.6 is 0 Å². The lowest BCUT2D eigenvalue weighted by molar-refractivity contribution is -0.118. The second-order valence-electron chi connectivity index (χ2n) is 6.07. The first-order chi connectivity index (χ1) is 11.6. The second-order valence-corrected chi connectivity index (χ2v) is 6.07. The van der Waals surface area contributed by atoms with Gasteiger partial charge in [-0.3, -0.25) is 4.79 Å². The van der Waals surface area contributed by atoms with E-state index in [-0.39, 0.29) is 11.8 Å². The molecule has 2 aromatic carbocycles. The van der Waals surface area contributed by atoms with Crippen molar-refractivity contribution < 1.29 is 9.53 Å². The maximum atomic E-state index is 11.7. The van der Waals surface area contributed by atoms with Gasteiger partial charge in [0.05, 0.1) is 6.61 Å². The minimum atomic E-state index is -0.0231. The summed E-state index contributed by atoms with van der Waals surface area (Å²) in [5.41, 5.74) is 2.99. The summed E-state index contributed by atoms with van der Waals surface area (Å²) in [5, 5.41) is 6.27. The summed E-state index contributed by atoms with van der Waals surface area (Å²) in [5.74, 6) is 0.910. The lowest BCUT2D eigenvalue weighted by Gasteiger charge is -2.11. The van der Waals surface area contributed by atoms with Crippen LogP contribution < -0.4 is 15.4 Å². The van der Waals surface area contributed by atoms with Crippen LogP contribution in [0.3, 0.4) is 0 Å². The molecule has 0 unspecified atom stereocenters. The third-order valence-corrected chi connectivity index (χ3v) is 3.54. The van der Waals surface area contributed by atoms with Gasteiger partial charge in [-0.15, -0.1) is 0 Å². The number of nitrogens with one attached hydrogen (secondary N) is 2. The molecule has 0 aliphatic carbocycles. The Hall–Kier alpha value is -2.49. The van der Waals surface area contributed by atoms with E-state index in [4.69, 9.17) is 4.74 Å². The zero-order valence-electron chi connectivity index (χ0n) is 14.6. The van der Waals surface area contributed by atoms with Crippen LogP contribution in [0.1, 0.15) is 32.8 Å². The predicted octanol–water partition coefficient (Wildman–Crippen LogP) is 4.68. The van der Waals surface area contributed by atoms with E-state index in [1.807, 2.05) is 50.2 Å². The highest BCUT2D eigenvalue weighted by atomic mass is 16.5. The van der Waals surface area contributed by atoms with Crippen molar-refractivity contribution in [1.29, 1.82) is 0 Å². The number of carbonyl (C=O) groups excluding carboxylic acids is 1. The molecule has 0 aliphatic heterocycles. The Labute approximate surface area is 144 Å². The topological polar surface area (TPSA) is 50.4 Å². The molecule has 0 atom stereocenters. The monoisotopic (exact) mass is 326 g/mol. The Bertz CT molecular complexity index is 651. The van der Waals surface area contributed by atoms with Crippen molar-refractivity contribution in [3.05, 3.63) is 54.1 Å². The molecule has 0 radical (unpaired) electrons. The molecule has 0 aromatic heterocycles.